The number of thioether (sulfide) groups is 1. The minimum absolute atomic E-state index is 0.261. The first-order valence-corrected chi connectivity index (χ1v) is 7.66. The first-order valence-electron chi connectivity index (χ1n) is 6.44. The van der Waals surface area contributed by atoms with Crippen LogP contribution in [0.5, 0.6) is 5.75 Å². The Hall–Kier alpha value is -2.12. The summed E-state index contributed by atoms with van der Waals surface area (Å²) in [5, 5.41) is 8.81. The van der Waals surface area contributed by atoms with Crippen molar-refractivity contribution in [3.63, 3.8) is 0 Å². The first-order chi connectivity index (χ1) is 10.5. The highest BCUT2D eigenvalue weighted by Gasteiger charge is 2.33. The third-order valence-corrected chi connectivity index (χ3v) is 4.52. The van der Waals surface area contributed by atoms with Gasteiger partial charge < -0.3 is 9.84 Å². The maximum absolute atomic E-state index is 12.2. The van der Waals surface area contributed by atoms with Gasteiger partial charge in [-0.2, -0.15) is 0 Å². The van der Waals surface area contributed by atoms with Crippen LogP contribution >= 0.6 is 24.0 Å². The average Bonchev–Trinajstić information content (AvgIpc) is 2.74. The van der Waals surface area contributed by atoms with Crippen LogP contribution in [0, 0.1) is 0 Å². The highest BCUT2D eigenvalue weighted by atomic mass is 32.2. The van der Waals surface area contributed by atoms with E-state index < -0.39 is 12.5 Å². The number of rotatable bonds is 3. The van der Waals surface area contributed by atoms with Crippen LogP contribution in [0.25, 0.3) is 6.08 Å². The van der Waals surface area contributed by atoms with E-state index in [0.29, 0.717) is 11.5 Å². The van der Waals surface area contributed by atoms with Crippen molar-refractivity contribution >= 4 is 46.3 Å². The normalized spacial score (nSPS) is 19.0. The lowest BCUT2D eigenvalue weighted by Gasteiger charge is -2.16. The summed E-state index contributed by atoms with van der Waals surface area (Å²) in [6, 6.07) is 7.62. The second-order valence-corrected chi connectivity index (χ2v) is 6.38. The number of hydrogen-bond acceptors (Lipinski definition) is 5. The summed E-state index contributed by atoms with van der Waals surface area (Å²) in [6.45, 7) is -0.0551. The van der Waals surface area contributed by atoms with Crippen LogP contribution in [0.4, 0.5) is 0 Å². The van der Waals surface area contributed by atoms with Gasteiger partial charge in [0.15, 0.2) is 0 Å². The molecule has 112 valence electrons. The zero-order chi connectivity index (χ0) is 15.7. The molecule has 0 atom stereocenters. The molecule has 0 unspecified atom stereocenters. The average molecular weight is 333 g/mol. The van der Waals surface area contributed by atoms with Crippen molar-refractivity contribution in [1.29, 1.82) is 0 Å². The van der Waals surface area contributed by atoms with Crippen molar-refractivity contribution in [3.05, 3.63) is 46.4 Å². The van der Waals surface area contributed by atoms with E-state index in [1.165, 1.54) is 0 Å². The standard InChI is InChI=1S/C15H11NO4S2/c17-13(18)7-16-14(19)12(22-15(16)21)6-9-5-10-3-1-2-4-11(10)20-8-9/h1-6H,7-8H2,(H,17,18)/b12-6-. The molecule has 0 bridgehead atoms. The number of carboxylic acid groups (broad SMARTS) is 1. The van der Waals surface area contributed by atoms with E-state index >= 15 is 0 Å². The second-order valence-electron chi connectivity index (χ2n) is 4.71. The predicted octanol–water partition coefficient (Wildman–Crippen LogP) is 2.29. The van der Waals surface area contributed by atoms with Gasteiger partial charge in [-0.15, -0.1) is 0 Å². The number of hydrogen-bond donors (Lipinski definition) is 1. The summed E-state index contributed by atoms with van der Waals surface area (Å²) in [5.74, 6) is -0.665. The number of ether oxygens (including phenoxy) is 1. The van der Waals surface area contributed by atoms with Gasteiger partial charge in [-0.25, -0.2) is 0 Å². The van der Waals surface area contributed by atoms with E-state index in [1.54, 1.807) is 6.08 Å². The van der Waals surface area contributed by atoms with Gasteiger partial charge >= 0.3 is 5.97 Å². The van der Waals surface area contributed by atoms with Crippen LogP contribution in [0.2, 0.25) is 0 Å². The lowest BCUT2D eigenvalue weighted by Crippen LogP contribution is -2.33. The summed E-state index contributed by atoms with van der Waals surface area (Å²) in [7, 11) is 0. The molecule has 7 heteroatoms. The van der Waals surface area contributed by atoms with Crippen LogP contribution in [0.1, 0.15) is 5.56 Å². The van der Waals surface area contributed by atoms with E-state index in [1.807, 2.05) is 30.3 Å². The molecule has 1 aromatic rings. The van der Waals surface area contributed by atoms with Gasteiger partial charge in [-0.3, -0.25) is 14.5 Å². The van der Waals surface area contributed by atoms with Gasteiger partial charge in [0.1, 0.15) is 23.2 Å². The molecule has 2 aliphatic rings. The number of carbonyl (C=O) groups excluding carboxylic acids is 1. The van der Waals surface area contributed by atoms with Crippen LogP contribution < -0.4 is 4.74 Å². The van der Waals surface area contributed by atoms with E-state index in [4.69, 9.17) is 22.1 Å². The second kappa shape index (κ2) is 5.94. The molecule has 3 rings (SSSR count). The highest BCUT2D eigenvalue weighted by molar-refractivity contribution is 8.26. The Morgan fingerprint density at radius 1 is 1.45 bits per heavy atom. The minimum Gasteiger partial charge on any atom is -0.488 e. The van der Waals surface area contributed by atoms with E-state index in [0.717, 1.165) is 33.5 Å². The summed E-state index contributed by atoms with van der Waals surface area (Å²) in [4.78, 5) is 24.5. The number of fused-ring (bicyclic) bond motifs is 1. The molecule has 0 saturated carbocycles. The van der Waals surface area contributed by atoms with Crippen molar-refractivity contribution < 1.29 is 19.4 Å². The molecule has 1 N–H and O–H groups in total. The van der Waals surface area contributed by atoms with Gasteiger partial charge in [-0.1, -0.05) is 42.2 Å². The monoisotopic (exact) mass is 333 g/mol. The van der Waals surface area contributed by atoms with Gasteiger partial charge in [0.25, 0.3) is 5.91 Å². The van der Waals surface area contributed by atoms with Crippen LogP contribution in [0.3, 0.4) is 0 Å². The number of aliphatic carboxylic acids is 1. The Labute approximate surface area is 136 Å². The molecule has 2 heterocycles. The van der Waals surface area contributed by atoms with Crippen molar-refractivity contribution in [2.45, 2.75) is 0 Å². The molecule has 0 radical (unpaired) electrons. The number of thiocarbonyl (C=S) groups is 1. The molecular formula is C15H11NO4S2. The van der Waals surface area contributed by atoms with Crippen molar-refractivity contribution in [1.82, 2.24) is 4.90 Å². The molecule has 0 aromatic heterocycles. The summed E-state index contributed by atoms with van der Waals surface area (Å²) < 4.78 is 5.89. The van der Waals surface area contributed by atoms with Crippen molar-refractivity contribution in [2.24, 2.45) is 0 Å². The van der Waals surface area contributed by atoms with Crippen molar-refractivity contribution in [2.75, 3.05) is 13.2 Å². The summed E-state index contributed by atoms with van der Waals surface area (Å²) in [6.07, 6.45) is 3.65. The lowest BCUT2D eigenvalue weighted by atomic mass is 10.1. The highest BCUT2D eigenvalue weighted by Crippen LogP contribution is 2.33. The van der Waals surface area contributed by atoms with Gasteiger partial charge in [0.2, 0.25) is 0 Å². The molecule has 1 saturated heterocycles. The molecule has 2 aliphatic heterocycles. The zero-order valence-electron chi connectivity index (χ0n) is 11.3. The lowest BCUT2D eigenvalue weighted by molar-refractivity contribution is -0.140. The Morgan fingerprint density at radius 2 is 2.23 bits per heavy atom. The molecule has 1 amide bonds. The quantitative estimate of drug-likeness (QED) is 0.676. The maximum Gasteiger partial charge on any atom is 0.323 e. The third kappa shape index (κ3) is 2.90. The third-order valence-electron chi connectivity index (χ3n) is 3.14. The number of amides is 1. The number of para-hydroxylation sites is 1. The van der Waals surface area contributed by atoms with Gasteiger partial charge in [-0.05, 0) is 23.8 Å². The van der Waals surface area contributed by atoms with Crippen molar-refractivity contribution in [3.8, 4) is 5.75 Å². The number of carbonyl (C=O) groups is 2. The number of benzene rings is 1. The first kappa shape index (κ1) is 14.8. The molecule has 0 spiro atoms. The van der Waals surface area contributed by atoms with Gasteiger partial charge in [0, 0.05) is 5.56 Å². The summed E-state index contributed by atoms with van der Waals surface area (Å²) >= 11 is 6.16. The smallest absolute Gasteiger partial charge is 0.323 e. The Balaban J connectivity index is 1.85. The Morgan fingerprint density at radius 3 is 3.00 bits per heavy atom. The number of nitrogens with zero attached hydrogens (tertiary/aromatic N) is 1. The molecule has 22 heavy (non-hydrogen) atoms. The van der Waals surface area contributed by atoms with Crippen LogP contribution in [-0.2, 0) is 9.59 Å². The fraction of sp³-hybridized carbons (Fsp3) is 0.133. The fourth-order valence-corrected chi connectivity index (χ4v) is 3.43. The van der Waals surface area contributed by atoms with Crippen LogP contribution in [-0.4, -0.2) is 39.4 Å². The Bertz CT molecular complexity index is 739. The zero-order valence-corrected chi connectivity index (χ0v) is 12.9. The topological polar surface area (TPSA) is 66.8 Å². The SMILES string of the molecule is O=C(O)CN1C(=O)/C(=C/C2=Cc3ccccc3OC2)SC1=S. The maximum atomic E-state index is 12.2. The minimum atomic E-state index is -1.09. The number of carboxylic acids is 1. The van der Waals surface area contributed by atoms with E-state index in [-0.39, 0.29) is 10.2 Å². The van der Waals surface area contributed by atoms with E-state index in [9.17, 15) is 9.59 Å². The fourth-order valence-electron chi connectivity index (χ4n) is 2.16. The Kier molecular flexibility index (Phi) is 4.00. The molecule has 5 nitrogen and oxygen atoms in total. The molecule has 1 aromatic carbocycles. The largest absolute Gasteiger partial charge is 0.488 e. The van der Waals surface area contributed by atoms with E-state index in [2.05, 4.69) is 0 Å². The molecular weight excluding hydrogens is 322 g/mol. The predicted molar refractivity (Wildman–Crippen MR) is 87.5 cm³/mol. The van der Waals surface area contributed by atoms with Crippen LogP contribution in [0.15, 0.2) is 40.8 Å². The summed E-state index contributed by atoms with van der Waals surface area (Å²) in [5.41, 5.74) is 1.79. The molecule has 1 fully saturated rings. The van der Waals surface area contributed by atoms with Gasteiger partial charge in [0.05, 0.1) is 4.91 Å². The molecule has 0 aliphatic carbocycles.